The molecule has 2 rings (SSSR count). The van der Waals surface area contributed by atoms with E-state index in [0.717, 1.165) is 21.4 Å². The van der Waals surface area contributed by atoms with E-state index in [0.29, 0.717) is 12.2 Å². The van der Waals surface area contributed by atoms with Crippen molar-refractivity contribution >= 4 is 28.5 Å². The number of nitrogens with zero attached hydrogens (tertiary/aromatic N) is 1. The maximum atomic E-state index is 11.1. The first-order valence-electron chi connectivity index (χ1n) is 7.26. The van der Waals surface area contributed by atoms with Gasteiger partial charge in [-0.1, -0.05) is 17.3 Å². The Balaban J connectivity index is 1.97. The number of fused-ring (bicyclic) bond motifs is 1. The minimum Gasteiger partial charge on any atom is -0.497 e. The number of rotatable bonds is 8. The predicted molar refractivity (Wildman–Crippen MR) is 92.1 cm³/mol. The summed E-state index contributed by atoms with van der Waals surface area (Å²) in [7, 11) is 2.98. The fraction of sp³-hybridized carbons (Fsp3) is 0.353. The Morgan fingerprint density at radius 3 is 2.61 bits per heavy atom. The Morgan fingerprint density at radius 2 is 1.91 bits per heavy atom. The van der Waals surface area contributed by atoms with Crippen LogP contribution in [0, 0.1) is 4.91 Å². The van der Waals surface area contributed by atoms with Crippen molar-refractivity contribution in [3.8, 4) is 5.75 Å². The number of hydrogen-bond donors (Lipinski definition) is 0. The van der Waals surface area contributed by atoms with Gasteiger partial charge in [-0.25, -0.2) is 0 Å². The van der Waals surface area contributed by atoms with Crippen molar-refractivity contribution in [2.45, 2.75) is 23.8 Å². The zero-order valence-corrected chi connectivity index (χ0v) is 14.0. The van der Waals surface area contributed by atoms with Crippen LogP contribution in [0.15, 0.2) is 46.5 Å². The first-order chi connectivity index (χ1) is 11.2. The summed E-state index contributed by atoms with van der Waals surface area (Å²) >= 11 is 1.56. The highest BCUT2D eigenvalue weighted by atomic mass is 32.2. The molecule has 0 N–H and O–H groups in total. The molecule has 122 valence electrons. The van der Waals surface area contributed by atoms with E-state index >= 15 is 0 Å². The molecule has 6 heteroatoms. The topological polar surface area (TPSA) is 65.0 Å². The highest BCUT2D eigenvalue weighted by molar-refractivity contribution is 7.99. The molecule has 0 saturated carbocycles. The van der Waals surface area contributed by atoms with Crippen LogP contribution in [0.4, 0.5) is 0 Å². The molecule has 0 saturated heterocycles. The van der Waals surface area contributed by atoms with E-state index in [2.05, 4.69) is 16.0 Å². The van der Waals surface area contributed by atoms with Gasteiger partial charge >= 0.3 is 5.97 Å². The van der Waals surface area contributed by atoms with Gasteiger partial charge in [0.2, 0.25) is 0 Å². The number of carbonyl (C=O) groups excluding carboxylic acids is 1. The number of ether oxygens (including phenoxy) is 2. The zero-order chi connectivity index (χ0) is 16.7. The monoisotopic (exact) mass is 333 g/mol. The molecule has 0 aliphatic rings. The third kappa shape index (κ3) is 4.96. The molecule has 0 bridgehead atoms. The van der Waals surface area contributed by atoms with Gasteiger partial charge in [-0.15, -0.1) is 11.8 Å². The van der Waals surface area contributed by atoms with Crippen molar-refractivity contribution in [2.75, 3.05) is 20.0 Å². The number of benzene rings is 2. The van der Waals surface area contributed by atoms with Crippen molar-refractivity contribution in [2.24, 2.45) is 5.18 Å². The molecule has 23 heavy (non-hydrogen) atoms. The van der Waals surface area contributed by atoms with Gasteiger partial charge in [0.15, 0.2) is 0 Å². The molecule has 0 radical (unpaired) electrons. The Hall–Kier alpha value is -2.08. The Kier molecular flexibility index (Phi) is 6.40. The summed E-state index contributed by atoms with van der Waals surface area (Å²) in [5.41, 5.74) is 0. The van der Waals surface area contributed by atoms with E-state index in [4.69, 9.17) is 4.74 Å². The number of hydrogen-bond acceptors (Lipinski definition) is 6. The first-order valence-corrected chi connectivity index (χ1v) is 8.24. The molecule has 1 unspecified atom stereocenters. The predicted octanol–water partition coefficient (Wildman–Crippen LogP) is 4.03. The number of esters is 1. The molecular weight excluding hydrogens is 314 g/mol. The molecule has 0 spiro atoms. The van der Waals surface area contributed by atoms with Crippen LogP contribution in [0.1, 0.15) is 12.8 Å². The molecular formula is C17H19NO4S. The summed E-state index contributed by atoms with van der Waals surface area (Å²) in [6, 6.07) is 11.6. The van der Waals surface area contributed by atoms with E-state index in [9.17, 15) is 9.70 Å². The average molecular weight is 333 g/mol. The average Bonchev–Trinajstić information content (AvgIpc) is 2.60. The Labute approximate surface area is 139 Å². The van der Waals surface area contributed by atoms with Gasteiger partial charge < -0.3 is 9.47 Å². The van der Waals surface area contributed by atoms with Crippen LogP contribution in [-0.2, 0) is 9.53 Å². The summed E-state index contributed by atoms with van der Waals surface area (Å²) < 4.78 is 9.79. The van der Waals surface area contributed by atoms with Crippen molar-refractivity contribution in [1.29, 1.82) is 0 Å². The minimum atomic E-state index is -0.398. The van der Waals surface area contributed by atoms with E-state index in [1.54, 1.807) is 18.9 Å². The molecule has 0 aliphatic heterocycles. The normalized spacial score (nSPS) is 11.9. The maximum absolute atomic E-state index is 11.1. The smallest absolute Gasteiger partial charge is 0.305 e. The fourth-order valence-corrected chi connectivity index (χ4v) is 3.15. The van der Waals surface area contributed by atoms with Crippen molar-refractivity contribution in [1.82, 2.24) is 0 Å². The summed E-state index contributed by atoms with van der Waals surface area (Å²) in [5.74, 6) is 1.05. The van der Waals surface area contributed by atoms with E-state index in [1.165, 1.54) is 7.11 Å². The van der Waals surface area contributed by atoms with Crippen molar-refractivity contribution < 1.29 is 14.3 Å². The lowest BCUT2D eigenvalue weighted by Crippen LogP contribution is -2.11. The minimum absolute atomic E-state index is 0.213. The maximum Gasteiger partial charge on any atom is 0.305 e. The molecule has 0 amide bonds. The van der Waals surface area contributed by atoms with Crippen LogP contribution in [-0.4, -0.2) is 32.0 Å². The summed E-state index contributed by atoms with van der Waals surface area (Å²) in [6.07, 6.45) is 0.624. The Bertz CT molecular complexity index is 689. The highest BCUT2D eigenvalue weighted by Crippen LogP contribution is 2.27. The molecule has 0 aliphatic carbocycles. The molecule has 5 nitrogen and oxygen atoms in total. The second kappa shape index (κ2) is 8.53. The van der Waals surface area contributed by atoms with Gasteiger partial charge in [-0.3, -0.25) is 4.79 Å². The van der Waals surface area contributed by atoms with Crippen molar-refractivity contribution in [3.05, 3.63) is 41.3 Å². The third-order valence-electron chi connectivity index (χ3n) is 3.52. The lowest BCUT2D eigenvalue weighted by atomic mass is 10.1. The SMILES string of the molecule is COC(=O)CCC(CSc1ccc2cc(OC)ccc2c1)N=O. The van der Waals surface area contributed by atoms with Gasteiger partial charge in [0, 0.05) is 17.1 Å². The quantitative estimate of drug-likeness (QED) is 0.414. The van der Waals surface area contributed by atoms with Crippen LogP contribution >= 0.6 is 11.8 Å². The largest absolute Gasteiger partial charge is 0.497 e. The molecule has 0 fully saturated rings. The lowest BCUT2D eigenvalue weighted by molar-refractivity contribution is -0.140. The molecule has 0 heterocycles. The van der Waals surface area contributed by atoms with Gasteiger partial charge in [-0.05, 0) is 41.5 Å². The molecule has 2 aromatic carbocycles. The number of methoxy groups -OCH3 is 2. The zero-order valence-electron chi connectivity index (χ0n) is 13.2. The first kappa shape index (κ1) is 17.3. The van der Waals surface area contributed by atoms with Crippen LogP contribution in [0.3, 0.4) is 0 Å². The summed E-state index contributed by atoms with van der Waals surface area (Å²) in [6.45, 7) is 0. The standard InChI is InChI=1S/C17H19NO4S/c1-21-15-6-3-13-10-16(7-4-12(13)9-15)23-11-14(18-20)5-8-17(19)22-2/h3-4,6-7,9-10,14H,5,8,11H2,1-2H3. The highest BCUT2D eigenvalue weighted by Gasteiger charge is 2.12. The number of nitroso groups, excluding NO2 is 1. The van der Waals surface area contributed by atoms with Gasteiger partial charge in [0.25, 0.3) is 0 Å². The van der Waals surface area contributed by atoms with Crippen LogP contribution in [0.2, 0.25) is 0 Å². The molecule has 1 atom stereocenters. The van der Waals surface area contributed by atoms with E-state index in [-0.39, 0.29) is 12.4 Å². The fourth-order valence-electron chi connectivity index (χ4n) is 2.16. The summed E-state index contributed by atoms with van der Waals surface area (Å²) in [4.78, 5) is 23.1. The van der Waals surface area contributed by atoms with Gasteiger partial charge in [0.05, 0.1) is 14.2 Å². The second-order valence-corrected chi connectivity index (χ2v) is 6.15. The second-order valence-electron chi connectivity index (χ2n) is 5.06. The van der Waals surface area contributed by atoms with E-state index in [1.807, 2.05) is 30.3 Å². The van der Waals surface area contributed by atoms with Crippen LogP contribution in [0.25, 0.3) is 10.8 Å². The molecule has 2 aromatic rings. The third-order valence-corrected chi connectivity index (χ3v) is 4.66. The number of thioether (sulfide) groups is 1. The van der Waals surface area contributed by atoms with Crippen molar-refractivity contribution in [3.63, 3.8) is 0 Å². The molecule has 0 aromatic heterocycles. The van der Waals surface area contributed by atoms with E-state index < -0.39 is 6.04 Å². The Morgan fingerprint density at radius 1 is 1.17 bits per heavy atom. The lowest BCUT2D eigenvalue weighted by Gasteiger charge is -2.09. The number of carbonyl (C=O) groups is 1. The van der Waals surface area contributed by atoms with Crippen LogP contribution < -0.4 is 4.74 Å². The van der Waals surface area contributed by atoms with Gasteiger partial charge in [-0.2, -0.15) is 4.91 Å². The summed E-state index contributed by atoms with van der Waals surface area (Å²) in [5, 5.41) is 5.31. The van der Waals surface area contributed by atoms with Gasteiger partial charge in [0.1, 0.15) is 11.8 Å². The van der Waals surface area contributed by atoms with Crippen LogP contribution in [0.5, 0.6) is 5.75 Å².